The van der Waals surface area contributed by atoms with Gasteiger partial charge in [0.05, 0.1) is 0 Å². The Morgan fingerprint density at radius 1 is 1.80 bits per heavy atom. The van der Waals surface area contributed by atoms with Crippen LogP contribution in [0.25, 0.3) is 0 Å². The lowest BCUT2D eigenvalue weighted by molar-refractivity contribution is -0.123. The molecule has 0 bridgehead atoms. The molecule has 15 heavy (non-hydrogen) atoms. The molecule has 1 aliphatic carbocycles. The Labute approximate surface area is 91.3 Å². The Morgan fingerprint density at radius 2 is 2.60 bits per heavy atom. The number of nitrogens with one attached hydrogen (secondary N) is 2. The summed E-state index contributed by atoms with van der Waals surface area (Å²) in [6.07, 6.45) is 4.95. The van der Waals surface area contributed by atoms with E-state index >= 15 is 0 Å². The maximum Gasteiger partial charge on any atom is 0.223 e. The van der Waals surface area contributed by atoms with Gasteiger partial charge in [-0.1, -0.05) is 6.08 Å². The van der Waals surface area contributed by atoms with Crippen LogP contribution >= 0.6 is 0 Å². The van der Waals surface area contributed by atoms with Gasteiger partial charge < -0.3 is 10.6 Å². The lowest BCUT2D eigenvalue weighted by atomic mass is 10.0. The summed E-state index contributed by atoms with van der Waals surface area (Å²) in [6, 6.07) is 0.224. The predicted octanol–water partition coefficient (Wildman–Crippen LogP) is 1.07. The minimum atomic E-state index is 0.224. The molecule has 2 rings (SSSR count). The third kappa shape index (κ3) is 2.07. The van der Waals surface area contributed by atoms with Gasteiger partial charge in [-0.2, -0.15) is 0 Å². The van der Waals surface area contributed by atoms with Crippen molar-refractivity contribution in [1.82, 2.24) is 10.6 Å². The van der Waals surface area contributed by atoms with Gasteiger partial charge >= 0.3 is 0 Å². The van der Waals surface area contributed by atoms with E-state index in [1.807, 2.05) is 13.0 Å². The fourth-order valence-electron chi connectivity index (χ4n) is 2.61. The quantitative estimate of drug-likeness (QED) is 0.678. The summed E-state index contributed by atoms with van der Waals surface area (Å²) in [5.41, 5.74) is 0.317. The molecule has 0 aromatic heterocycles. The van der Waals surface area contributed by atoms with Crippen molar-refractivity contribution in [1.29, 1.82) is 0 Å². The topological polar surface area (TPSA) is 41.1 Å². The van der Waals surface area contributed by atoms with Gasteiger partial charge in [0.2, 0.25) is 5.91 Å². The first-order valence-corrected chi connectivity index (χ1v) is 5.80. The van der Waals surface area contributed by atoms with Crippen LogP contribution < -0.4 is 10.6 Å². The minimum Gasteiger partial charge on any atom is -0.353 e. The van der Waals surface area contributed by atoms with Gasteiger partial charge in [0.25, 0.3) is 0 Å². The number of carbonyl (C=O) groups is 1. The van der Waals surface area contributed by atoms with Crippen molar-refractivity contribution in [2.45, 2.75) is 32.2 Å². The zero-order valence-electron chi connectivity index (χ0n) is 9.38. The zero-order chi connectivity index (χ0) is 10.9. The molecule has 0 aromatic carbocycles. The number of hydrogen-bond acceptors (Lipinski definition) is 2. The normalized spacial score (nSPS) is 35.1. The molecule has 1 aliphatic heterocycles. The van der Waals surface area contributed by atoms with Crippen LogP contribution in [0.5, 0.6) is 0 Å². The van der Waals surface area contributed by atoms with Crippen molar-refractivity contribution in [3.63, 3.8) is 0 Å². The number of rotatable bonds is 4. The second-order valence-electron chi connectivity index (χ2n) is 4.98. The predicted molar refractivity (Wildman–Crippen MR) is 60.4 cm³/mol. The highest BCUT2D eigenvalue weighted by Crippen LogP contribution is 2.56. The Morgan fingerprint density at radius 3 is 3.20 bits per heavy atom. The summed E-state index contributed by atoms with van der Waals surface area (Å²) < 4.78 is 0. The first-order valence-electron chi connectivity index (χ1n) is 5.80. The van der Waals surface area contributed by atoms with E-state index in [1.54, 1.807) is 0 Å². The molecule has 3 nitrogen and oxygen atoms in total. The Balaban J connectivity index is 1.80. The van der Waals surface area contributed by atoms with Gasteiger partial charge in [0.15, 0.2) is 0 Å². The summed E-state index contributed by atoms with van der Waals surface area (Å²) >= 11 is 0. The average molecular weight is 208 g/mol. The SMILES string of the molecule is C=CCC(C)NC(=O)C1CC12CCNC2. The molecule has 2 aliphatic rings. The van der Waals surface area contributed by atoms with Crippen LogP contribution in [-0.2, 0) is 4.79 Å². The van der Waals surface area contributed by atoms with E-state index < -0.39 is 0 Å². The van der Waals surface area contributed by atoms with E-state index in [2.05, 4.69) is 17.2 Å². The van der Waals surface area contributed by atoms with Crippen LogP contribution in [0, 0.1) is 11.3 Å². The Hall–Kier alpha value is -0.830. The van der Waals surface area contributed by atoms with E-state index in [-0.39, 0.29) is 17.9 Å². The van der Waals surface area contributed by atoms with Crippen LogP contribution in [0.4, 0.5) is 0 Å². The summed E-state index contributed by atoms with van der Waals surface area (Å²) in [6.45, 7) is 7.81. The van der Waals surface area contributed by atoms with E-state index in [0.29, 0.717) is 5.41 Å². The molecule has 0 radical (unpaired) electrons. The molecule has 3 atom stereocenters. The highest BCUT2D eigenvalue weighted by Gasteiger charge is 2.58. The molecule has 0 aromatic rings. The van der Waals surface area contributed by atoms with Crippen molar-refractivity contribution in [2.75, 3.05) is 13.1 Å². The second-order valence-corrected chi connectivity index (χ2v) is 4.98. The standard InChI is InChI=1S/C12H20N2O/c1-3-4-9(2)14-11(15)10-7-12(10)5-6-13-8-12/h3,9-10,13H,1,4-8H2,2H3,(H,14,15). The van der Waals surface area contributed by atoms with E-state index in [1.165, 1.54) is 6.42 Å². The molecule has 1 saturated heterocycles. The molecule has 1 spiro atoms. The molecular formula is C12H20N2O. The van der Waals surface area contributed by atoms with Crippen LogP contribution in [0.15, 0.2) is 12.7 Å². The number of carbonyl (C=O) groups excluding carboxylic acids is 1. The van der Waals surface area contributed by atoms with Crippen LogP contribution in [-0.4, -0.2) is 25.0 Å². The first-order chi connectivity index (χ1) is 7.18. The van der Waals surface area contributed by atoms with Crippen molar-refractivity contribution in [3.8, 4) is 0 Å². The van der Waals surface area contributed by atoms with Crippen LogP contribution in [0.1, 0.15) is 26.2 Å². The molecule has 1 heterocycles. The second kappa shape index (κ2) is 3.97. The molecule has 2 N–H and O–H groups in total. The smallest absolute Gasteiger partial charge is 0.223 e. The molecule has 1 saturated carbocycles. The fourth-order valence-corrected chi connectivity index (χ4v) is 2.61. The number of amides is 1. The number of hydrogen-bond donors (Lipinski definition) is 2. The van der Waals surface area contributed by atoms with E-state index in [9.17, 15) is 4.79 Å². The summed E-state index contributed by atoms with van der Waals surface area (Å²) in [4.78, 5) is 11.9. The van der Waals surface area contributed by atoms with E-state index in [0.717, 1.165) is 25.9 Å². The van der Waals surface area contributed by atoms with Crippen molar-refractivity contribution >= 4 is 5.91 Å². The third-order valence-corrected chi connectivity index (χ3v) is 3.69. The minimum absolute atomic E-state index is 0.224. The van der Waals surface area contributed by atoms with Crippen LogP contribution in [0.3, 0.4) is 0 Å². The summed E-state index contributed by atoms with van der Waals surface area (Å²) in [5.74, 6) is 0.507. The average Bonchev–Trinajstić information content (AvgIpc) is 2.65. The van der Waals surface area contributed by atoms with Gasteiger partial charge in [-0.3, -0.25) is 4.79 Å². The Bertz CT molecular complexity index is 269. The summed E-state index contributed by atoms with van der Waals surface area (Å²) in [5, 5.41) is 6.40. The highest BCUT2D eigenvalue weighted by atomic mass is 16.2. The van der Waals surface area contributed by atoms with Crippen molar-refractivity contribution in [3.05, 3.63) is 12.7 Å². The summed E-state index contributed by atoms with van der Waals surface area (Å²) in [7, 11) is 0. The fraction of sp³-hybridized carbons (Fsp3) is 0.750. The first kappa shape index (κ1) is 10.7. The molecule has 2 fully saturated rings. The molecule has 3 heteroatoms. The third-order valence-electron chi connectivity index (χ3n) is 3.69. The highest BCUT2D eigenvalue weighted by molar-refractivity contribution is 5.83. The van der Waals surface area contributed by atoms with Crippen molar-refractivity contribution in [2.24, 2.45) is 11.3 Å². The molecule has 3 unspecified atom stereocenters. The Kier molecular flexibility index (Phi) is 2.83. The zero-order valence-corrected chi connectivity index (χ0v) is 9.38. The van der Waals surface area contributed by atoms with Crippen LogP contribution in [0.2, 0.25) is 0 Å². The van der Waals surface area contributed by atoms with Gasteiger partial charge in [-0.25, -0.2) is 0 Å². The monoisotopic (exact) mass is 208 g/mol. The van der Waals surface area contributed by atoms with Gasteiger partial charge in [-0.15, -0.1) is 6.58 Å². The molecule has 84 valence electrons. The lowest BCUT2D eigenvalue weighted by Gasteiger charge is -2.13. The van der Waals surface area contributed by atoms with Gasteiger partial charge in [-0.05, 0) is 38.1 Å². The molecule has 1 amide bonds. The maximum absolute atomic E-state index is 11.9. The lowest BCUT2D eigenvalue weighted by Crippen LogP contribution is -2.35. The molecular weight excluding hydrogens is 188 g/mol. The maximum atomic E-state index is 11.9. The van der Waals surface area contributed by atoms with Gasteiger partial charge in [0.1, 0.15) is 0 Å². The van der Waals surface area contributed by atoms with Crippen molar-refractivity contribution < 1.29 is 4.79 Å². The largest absolute Gasteiger partial charge is 0.353 e. The van der Waals surface area contributed by atoms with Gasteiger partial charge in [0, 0.05) is 18.5 Å². The van der Waals surface area contributed by atoms with E-state index in [4.69, 9.17) is 0 Å².